The highest BCUT2D eigenvalue weighted by Crippen LogP contribution is 2.25. The second-order valence-electron chi connectivity index (χ2n) is 8.49. The van der Waals surface area contributed by atoms with Crippen molar-refractivity contribution in [1.29, 1.82) is 0 Å². The lowest BCUT2D eigenvalue weighted by molar-refractivity contribution is -0.118. The highest BCUT2D eigenvalue weighted by Gasteiger charge is 2.24. The molecule has 4 rings (SSSR count). The second kappa shape index (κ2) is 10.8. The van der Waals surface area contributed by atoms with Crippen molar-refractivity contribution in [1.82, 2.24) is 25.0 Å². The van der Waals surface area contributed by atoms with Gasteiger partial charge in [-0.1, -0.05) is 68.1 Å². The van der Waals surface area contributed by atoms with Gasteiger partial charge < -0.3 is 5.32 Å². The first-order valence-electron chi connectivity index (χ1n) is 11.3. The average molecular weight is 450 g/mol. The van der Waals surface area contributed by atoms with E-state index in [0.717, 1.165) is 23.9 Å². The van der Waals surface area contributed by atoms with Crippen LogP contribution in [0.1, 0.15) is 49.8 Å². The van der Waals surface area contributed by atoms with Crippen LogP contribution in [0.25, 0.3) is 5.69 Å². The Morgan fingerprint density at radius 1 is 1.03 bits per heavy atom. The summed E-state index contributed by atoms with van der Waals surface area (Å²) in [7, 11) is 0. The van der Waals surface area contributed by atoms with Gasteiger partial charge in [-0.2, -0.15) is 0 Å². The van der Waals surface area contributed by atoms with Crippen LogP contribution in [0, 0.1) is 0 Å². The maximum absolute atomic E-state index is 12.6. The standard InChI is InChI=1S/C25H31N5OS/c1-19(2)20-10-12-22(13-11-20)30-18-27-28-25(30)32-17-24(31)26-16-23(29-14-6-7-15-29)21-8-4-3-5-9-21/h3-5,8-13,18-19,23H,6-7,14-17H2,1-2H3,(H,26,31). The van der Waals surface area contributed by atoms with Crippen molar-refractivity contribution < 1.29 is 4.79 Å². The molecule has 1 N–H and O–H groups in total. The Balaban J connectivity index is 1.34. The lowest BCUT2D eigenvalue weighted by Crippen LogP contribution is -2.37. The van der Waals surface area contributed by atoms with Crippen LogP contribution in [0.4, 0.5) is 0 Å². The van der Waals surface area contributed by atoms with E-state index in [-0.39, 0.29) is 11.9 Å². The zero-order chi connectivity index (χ0) is 22.3. The Bertz CT molecular complexity index is 997. The molecule has 1 atom stereocenters. The number of nitrogens with zero attached hydrogens (tertiary/aromatic N) is 4. The Kier molecular flexibility index (Phi) is 7.60. The summed E-state index contributed by atoms with van der Waals surface area (Å²) in [6.45, 7) is 7.15. The third-order valence-electron chi connectivity index (χ3n) is 5.95. The normalized spacial score (nSPS) is 15.2. The van der Waals surface area contributed by atoms with Crippen LogP contribution in [-0.2, 0) is 4.79 Å². The highest BCUT2D eigenvalue weighted by molar-refractivity contribution is 7.99. The van der Waals surface area contributed by atoms with E-state index >= 15 is 0 Å². The molecule has 1 aliphatic heterocycles. The zero-order valence-corrected chi connectivity index (χ0v) is 19.6. The third-order valence-corrected chi connectivity index (χ3v) is 6.89. The number of carbonyl (C=O) groups is 1. The van der Waals surface area contributed by atoms with E-state index in [0.29, 0.717) is 18.2 Å². The van der Waals surface area contributed by atoms with Crippen LogP contribution in [0.2, 0.25) is 0 Å². The summed E-state index contributed by atoms with van der Waals surface area (Å²) in [5.74, 6) is 0.812. The summed E-state index contributed by atoms with van der Waals surface area (Å²) in [6, 6.07) is 19.1. The first-order valence-corrected chi connectivity index (χ1v) is 12.3. The number of carbonyl (C=O) groups excluding carboxylic acids is 1. The van der Waals surface area contributed by atoms with Crippen LogP contribution >= 0.6 is 11.8 Å². The highest BCUT2D eigenvalue weighted by atomic mass is 32.2. The Morgan fingerprint density at radius 3 is 2.44 bits per heavy atom. The number of likely N-dealkylation sites (tertiary alicyclic amines) is 1. The first kappa shape index (κ1) is 22.6. The lowest BCUT2D eigenvalue weighted by Gasteiger charge is -2.28. The van der Waals surface area contributed by atoms with Gasteiger partial charge in [-0.05, 0) is 55.1 Å². The minimum absolute atomic E-state index is 0.0137. The van der Waals surface area contributed by atoms with Gasteiger partial charge in [0.2, 0.25) is 5.91 Å². The van der Waals surface area contributed by atoms with Gasteiger partial charge in [-0.15, -0.1) is 10.2 Å². The van der Waals surface area contributed by atoms with Gasteiger partial charge in [-0.25, -0.2) is 0 Å². The molecule has 2 heterocycles. The van der Waals surface area contributed by atoms with Crippen molar-refractivity contribution in [3.8, 4) is 5.69 Å². The van der Waals surface area contributed by atoms with E-state index < -0.39 is 0 Å². The molecular weight excluding hydrogens is 418 g/mol. The summed E-state index contributed by atoms with van der Waals surface area (Å²) >= 11 is 1.41. The molecule has 1 unspecified atom stereocenters. The molecule has 2 aromatic carbocycles. The van der Waals surface area contributed by atoms with Gasteiger partial charge in [0.15, 0.2) is 5.16 Å². The average Bonchev–Trinajstić information content (AvgIpc) is 3.51. The van der Waals surface area contributed by atoms with E-state index in [4.69, 9.17) is 0 Å². The molecule has 0 bridgehead atoms. The maximum atomic E-state index is 12.6. The molecule has 0 saturated carbocycles. The van der Waals surface area contributed by atoms with Gasteiger partial charge in [0.25, 0.3) is 0 Å². The number of hydrogen-bond donors (Lipinski definition) is 1. The van der Waals surface area contributed by atoms with Gasteiger partial charge in [-0.3, -0.25) is 14.3 Å². The molecule has 0 aliphatic carbocycles. The monoisotopic (exact) mass is 449 g/mol. The molecule has 6 nitrogen and oxygen atoms in total. The van der Waals surface area contributed by atoms with Crippen LogP contribution < -0.4 is 5.32 Å². The topological polar surface area (TPSA) is 63.1 Å². The summed E-state index contributed by atoms with van der Waals surface area (Å²) in [5, 5.41) is 12.1. The predicted octanol–water partition coefficient (Wildman–Crippen LogP) is 4.44. The van der Waals surface area contributed by atoms with Gasteiger partial charge in [0.05, 0.1) is 11.8 Å². The Labute approximate surface area is 194 Å². The van der Waals surface area contributed by atoms with E-state index in [2.05, 4.69) is 82.8 Å². The van der Waals surface area contributed by atoms with E-state index in [9.17, 15) is 4.79 Å². The van der Waals surface area contributed by atoms with Crippen molar-refractivity contribution in [2.45, 2.75) is 43.8 Å². The molecule has 1 amide bonds. The van der Waals surface area contributed by atoms with Gasteiger partial charge >= 0.3 is 0 Å². The predicted molar refractivity (Wildman–Crippen MR) is 129 cm³/mol. The van der Waals surface area contributed by atoms with Crippen LogP contribution in [0.5, 0.6) is 0 Å². The number of nitrogens with one attached hydrogen (secondary N) is 1. The molecule has 168 valence electrons. The molecule has 0 radical (unpaired) electrons. The smallest absolute Gasteiger partial charge is 0.230 e. The van der Waals surface area contributed by atoms with Crippen LogP contribution in [0.15, 0.2) is 66.1 Å². The van der Waals surface area contributed by atoms with Crippen molar-refractivity contribution in [2.75, 3.05) is 25.4 Å². The minimum Gasteiger partial charge on any atom is -0.353 e. The Morgan fingerprint density at radius 2 is 1.75 bits per heavy atom. The van der Waals surface area contributed by atoms with E-state index in [1.807, 2.05) is 10.6 Å². The molecule has 1 saturated heterocycles. The fourth-order valence-electron chi connectivity index (χ4n) is 4.10. The number of rotatable bonds is 9. The van der Waals surface area contributed by atoms with Crippen LogP contribution in [0.3, 0.4) is 0 Å². The SMILES string of the molecule is CC(C)c1ccc(-n2cnnc2SCC(=O)NCC(c2ccccc2)N2CCCC2)cc1. The van der Waals surface area contributed by atoms with E-state index in [1.165, 1.54) is 35.7 Å². The van der Waals surface area contributed by atoms with Gasteiger partial charge in [0.1, 0.15) is 6.33 Å². The van der Waals surface area contributed by atoms with Crippen molar-refractivity contribution >= 4 is 17.7 Å². The lowest BCUT2D eigenvalue weighted by atomic mass is 10.0. The molecule has 0 spiro atoms. The van der Waals surface area contributed by atoms with E-state index in [1.54, 1.807) is 6.33 Å². The number of thioether (sulfide) groups is 1. The summed E-state index contributed by atoms with van der Waals surface area (Å²) in [5.41, 5.74) is 3.55. The van der Waals surface area contributed by atoms with Crippen molar-refractivity contribution in [3.05, 3.63) is 72.1 Å². The number of amides is 1. The third kappa shape index (κ3) is 5.58. The zero-order valence-electron chi connectivity index (χ0n) is 18.8. The number of aromatic nitrogens is 3. The fraction of sp³-hybridized carbons (Fsp3) is 0.400. The second-order valence-corrected chi connectivity index (χ2v) is 9.43. The molecule has 32 heavy (non-hydrogen) atoms. The quantitative estimate of drug-likeness (QED) is 0.490. The molecule has 1 aliphatic rings. The van der Waals surface area contributed by atoms with Gasteiger partial charge in [0, 0.05) is 12.2 Å². The van der Waals surface area contributed by atoms with Crippen molar-refractivity contribution in [3.63, 3.8) is 0 Å². The summed E-state index contributed by atoms with van der Waals surface area (Å²) in [6.07, 6.45) is 4.14. The Hall–Kier alpha value is -2.64. The molecule has 7 heteroatoms. The largest absolute Gasteiger partial charge is 0.353 e. The maximum Gasteiger partial charge on any atom is 0.230 e. The van der Waals surface area contributed by atoms with Crippen LogP contribution in [-0.4, -0.2) is 51.0 Å². The molecular formula is C25H31N5OS. The fourth-order valence-corrected chi connectivity index (χ4v) is 4.86. The first-order chi connectivity index (χ1) is 15.6. The van der Waals surface area contributed by atoms with Crippen molar-refractivity contribution in [2.24, 2.45) is 0 Å². The summed E-state index contributed by atoms with van der Waals surface area (Å²) in [4.78, 5) is 15.1. The molecule has 3 aromatic rings. The molecule has 1 fully saturated rings. The minimum atomic E-state index is 0.0137. The number of hydrogen-bond acceptors (Lipinski definition) is 5. The number of benzene rings is 2. The summed E-state index contributed by atoms with van der Waals surface area (Å²) < 4.78 is 1.93. The molecule has 1 aromatic heterocycles.